The smallest absolute Gasteiger partial charge is 0.314 e. The Balaban J connectivity index is 2.16. The molecule has 68 valence electrons. The van der Waals surface area contributed by atoms with E-state index in [-0.39, 0.29) is 18.8 Å². The lowest BCUT2D eigenvalue weighted by Gasteiger charge is -2.17. The van der Waals surface area contributed by atoms with Gasteiger partial charge in [-0.05, 0) is 0 Å². The first-order valence-electron chi connectivity index (χ1n) is 3.87. The second-order valence-electron chi connectivity index (χ2n) is 2.86. The van der Waals surface area contributed by atoms with Gasteiger partial charge in [-0.3, -0.25) is 14.6 Å². The zero-order valence-electron chi connectivity index (χ0n) is 6.73. The van der Waals surface area contributed by atoms with Crippen molar-refractivity contribution in [2.24, 2.45) is 0 Å². The molecule has 2 rings (SSSR count). The molecule has 1 aliphatic heterocycles. The molecule has 1 aliphatic rings. The van der Waals surface area contributed by atoms with E-state index in [1.54, 1.807) is 11.7 Å². The molecule has 13 heavy (non-hydrogen) atoms. The summed E-state index contributed by atoms with van der Waals surface area (Å²) in [6.07, 6.45) is 2.27. The fourth-order valence-electron chi connectivity index (χ4n) is 1.31. The van der Waals surface area contributed by atoms with Gasteiger partial charge in [0.2, 0.25) is 0 Å². The van der Waals surface area contributed by atoms with Gasteiger partial charge >= 0.3 is 11.9 Å². The summed E-state index contributed by atoms with van der Waals surface area (Å²) in [6.45, 7) is 0. The van der Waals surface area contributed by atoms with Crippen LogP contribution in [0, 0.1) is 0 Å². The van der Waals surface area contributed by atoms with E-state index >= 15 is 0 Å². The van der Waals surface area contributed by atoms with E-state index in [9.17, 15) is 9.59 Å². The number of hydrogen-bond donors (Lipinski definition) is 0. The minimum atomic E-state index is -0.436. The molecule has 1 saturated heterocycles. The van der Waals surface area contributed by atoms with Crippen LogP contribution in [0.25, 0.3) is 0 Å². The monoisotopic (exact) mass is 197 g/mol. The molecular weight excluding hydrogens is 190 g/mol. The summed E-state index contributed by atoms with van der Waals surface area (Å²) in [7, 11) is 0. The Kier molecular flexibility index (Phi) is 2.10. The molecule has 0 atom stereocenters. The van der Waals surface area contributed by atoms with E-state index < -0.39 is 11.9 Å². The zero-order chi connectivity index (χ0) is 9.26. The maximum atomic E-state index is 10.9. The molecule has 0 N–H and O–H groups in total. The summed E-state index contributed by atoms with van der Waals surface area (Å²) in [5, 5.41) is 0. The normalized spacial score (nSPS) is 18.8. The molecule has 5 heteroatoms. The first-order chi connectivity index (χ1) is 6.25. The molecule has 0 amide bonds. The lowest BCUT2D eigenvalue weighted by molar-refractivity contribution is -0.163. The SMILES string of the molecule is O=C1CC(c2cncs2)CC(=O)O1. The Bertz CT molecular complexity index is 317. The van der Waals surface area contributed by atoms with Crippen LogP contribution >= 0.6 is 11.3 Å². The average molecular weight is 197 g/mol. The van der Waals surface area contributed by atoms with Crippen molar-refractivity contribution in [2.45, 2.75) is 18.8 Å². The Morgan fingerprint density at radius 1 is 1.38 bits per heavy atom. The molecule has 0 radical (unpaired) electrons. The lowest BCUT2D eigenvalue weighted by atomic mass is 9.98. The highest BCUT2D eigenvalue weighted by atomic mass is 32.1. The van der Waals surface area contributed by atoms with E-state index in [0.29, 0.717) is 0 Å². The molecule has 1 aromatic rings. The second kappa shape index (κ2) is 3.26. The molecule has 0 saturated carbocycles. The predicted octanol–water partition coefficient (Wildman–Crippen LogP) is 1.09. The molecule has 0 bridgehead atoms. The molecule has 0 aliphatic carbocycles. The third-order valence-corrected chi connectivity index (χ3v) is 2.85. The standard InChI is InChI=1S/C8H7NO3S/c10-7-1-5(2-8(11)12-7)6-3-9-4-13-6/h3-5H,1-2H2. The van der Waals surface area contributed by atoms with Gasteiger partial charge in [-0.2, -0.15) is 0 Å². The molecule has 4 nitrogen and oxygen atoms in total. The van der Waals surface area contributed by atoms with Crippen LogP contribution < -0.4 is 0 Å². The number of carbonyl (C=O) groups is 2. The molecule has 1 fully saturated rings. The second-order valence-corrected chi connectivity index (χ2v) is 3.77. The average Bonchev–Trinajstić information content (AvgIpc) is 2.53. The van der Waals surface area contributed by atoms with E-state index in [1.165, 1.54) is 11.3 Å². The van der Waals surface area contributed by atoms with Crippen molar-refractivity contribution in [3.05, 3.63) is 16.6 Å². The molecule has 2 heterocycles. The zero-order valence-corrected chi connectivity index (χ0v) is 7.54. The lowest BCUT2D eigenvalue weighted by Crippen LogP contribution is -2.23. The first-order valence-corrected chi connectivity index (χ1v) is 4.75. The maximum absolute atomic E-state index is 10.9. The van der Waals surface area contributed by atoms with Crippen molar-refractivity contribution in [3.63, 3.8) is 0 Å². The Labute approximate surface area is 78.5 Å². The van der Waals surface area contributed by atoms with Gasteiger partial charge in [0, 0.05) is 17.0 Å². The quantitative estimate of drug-likeness (QED) is 0.499. The van der Waals surface area contributed by atoms with Gasteiger partial charge in [-0.25, -0.2) is 0 Å². The number of thiazole rings is 1. The van der Waals surface area contributed by atoms with Crippen molar-refractivity contribution in [1.82, 2.24) is 4.98 Å². The molecule has 1 aromatic heterocycles. The van der Waals surface area contributed by atoms with Gasteiger partial charge in [-0.1, -0.05) is 0 Å². The van der Waals surface area contributed by atoms with Crippen LogP contribution in [0.15, 0.2) is 11.7 Å². The fraction of sp³-hybridized carbons (Fsp3) is 0.375. The first kappa shape index (κ1) is 8.37. The van der Waals surface area contributed by atoms with Crippen LogP contribution in [0.2, 0.25) is 0 Å². The van der Waals surface area contributed by atoms with E-state index in [1.807, 2.05) is 0 Å². The summed E-state index contributed by atoms with van der Waals surface area (Å²) in [5.74, 6) is -0.898. The van der Waals surface area contributed by atoms with Gasteiger partial charge in [-0.15, -0.1) is 11.3 Å². The van der Waals surface area contributed by atoms with Crippen LogP contribution in [0.5, 0.6) is 0 Å². The summed E-state index contributed by atoms with van der Waals surface area (Å²) in [5.41, 5.74) is 1.69. The Morgan fingerprint density at radius 2 is 2.08 bits per heavy atom. The maximum Gasteiger partial charge on any atom is 0.314 e. The number of hydrogen-bond acceptors (Lipinski definition) is 5. The van der Waals surface area contributed by atoms with Crippen molar-refractivity contribution in [3.8, 4) is 0 Å². The third-order valence-electron chi connectivity index (χ3n) is 1.91. The predicted molar refractivity (Wildman–Crippen MR) is 45.2 cm³/mol. The topological polar surface area (TPSA) is 56.3 Å². The van der Waals surface area contributed by atoms with Gasteiger partial charge in [0.25, 0.3) is 0 Å². The third kappa shape index (κ3) is 1.75. The van der Waals surface area contributed by atoms with Crippen molar-refractivity contribution in [2.75, 3.05) is 0 Å². The molecular formula is C8H7NO3S. The van der Waals surface area contributed by atoms with Crippen molar-refractivity contribution < 1.29 is 14.3 Å². The minimum Gasteiger partial charge on any atom is -0.393 e. The summed E-state index contributed by atoms with van der Waals surface area (Å²) >= 11 is 1.46. The van der Waals surface area contributed by atoms with Crippen molar-refractivity contribution in [1.29, 1.82) is 0 Å². The highest BCUT2D eigenvalue weighted by Gasteiger charge is 2.28. The number of esters is 2. The van der Waals surface area contributed by atoms with Crippen LogP contribution in [0.1, 0.15) is 23.6 Å². The van der Waals surface area contributed by atoms with Crippen LogP contribution in [0.4, 0.5) is 0 Å². The van der Waals surface area contributed by atoms with Crippen LogP contribution in [0.3, 0.4) is 0 Å². The highest BCUT2D eigenvalue weighted by Crippen LogP contribution is 2.30. The number of carbonyl (C=O) groups excluding carboxylic acids is 2. The van der Waals surface area contributed by atoms with E-state index in [2.05, 4.69) is 9.72 Å². The van der Waals surface area contributed by atoms with Crippen LogP contribution in [-0.2, 0) is 14.3 Å². The molecule has 0 spiro atoms. The van der Waals surface area contributed by atoms with E-state index in [0.717, 1.165) is 4.88 Å². The number of ether oxygens (including phenoxy) is 1. The van der Waals surface area contributed by atoms with E-state index in [4.69, 9.17) is 0 Å². The summed E-state index contributed by atoms with van der Waals surface area (Å²) in [4.78, 5) is 26.7. The molecule has 0 aromatic carbocycles. The van der Waals surface area contributed by atoms with Gasteiger partial charge in [0.1, 0.15) is 0 Å². The minimum absolute atomic E-state index is 0.0266. The van der Waals surface area contributed by atoms with Gasteiger partial charge < -0.3 is 4.74 Å². The Morgan fingerprint density at radius 3 is 2.62 bits per heavy atom. The largest absolute Gasteiger partial charge is 0.393 e. The molecule has 0 unspecified atom stereocenters. The number of rotatable bonds is 1. The van der Waals surface area contributed by atoms with Crippen LogP contribution in [-0.4, -0.2) is 16.9 Å². The number of cyclic esters (lactones) is 2. The summed E-state index contributed by atoms with van der Waals surface area (Å²) in [6, 6.07) is 0. The number of nitrogens with zero attached hydrogens (tertiary/aromatic N) is 1. The fourth-order valence-corrected chi connectivity index (χ4v) is 2.04. The Hall–Kier alpha value is -1.23. The highest BCUT2D eigenvalue weighted by molar-refractivity contribution is 7.09. The van der Waals surface area contributed by atoms with Gasteiger partial charge in [0.15, 0.2) is 0 Å². The van der Waals surface area contributed by atoms with Crippen molar-refractivity contribution >= 4 is 23.3 Å². The van der Waals surface area contributed by atoms with Gasteiger partial charge in [0.05, 0.1) is 18.4 Å². The summed E-state index contributed by atoms with van der Waals surface area (Å²) < 4.78 is 4.42. The number of aromatic nitrogens is 1.